The van der Waals surface area contributed by atoms with Gasteiger partial charge in [0.05, 0.1) is 5.54 Å². The number of ether oxygens (including phenoxy) is 1. The summed E-state index contributed by atoms with van der Waals surface area (Å²) in [6, 6.07) is -0.737. The van der Waals surface area contributed by atoms with Crippen molar-refractivity contribution in [3.63, 3.8) is 0 Å². The fourth-order valence-corrected chi connectivity index (χ4v) is 2.85. The standard InChI is InChI=1S/C13H22N2O4/c1-9-2-5-15(10(8-9)11(16)17)12(18)13(14)3-6-19-7-4-13/h9-10H,2-8,14H2,1H3,(H,16,17). The lowest BCUT2D eigenvalue weighted by atomic mass is 9.86. The van der Waals surface area contributed by atoms with Gasteiger partial charge in [-0.25, -0.2) is 4.79 Å². The van der Waals surface area contributed by atoms with Gasteiger partial charge >= 0.3 is 5.97 Å². The molecule has 2 rings (SSSR count). The summed E-state index contributed by atoms with van der Waals surface area (Å²) in [6.07, 6.45) is 2.27. The largest absolute Gasteiger partial charge is 0.480 e. The molecule has 2 atom stereocenters. The van der Waals surface area contributed by atoms with Crippen LogP contribution < -0.4 is 5.73 Å². The molecule has 1 amide bonds. The first-order chi connectivity index (χ1) is 8.94. The summed E-state index contributed by atoms with van der Waals surface area (Å²) in [5.74, 6) is -0.834. The summed E-state index contributed by atoms with van der Waals surface area (Å²) in [6.45, 7) is 3.43. The maximum Gasteiger partial charge on any atom is 0.326 e. The number of rotatable bonds is 2. The SMILES string of the molecule is CC1CCN(C(=O)C2(N)CCOCC2)C(C(=O)O)C1. The van der Waals surface area contributed by atoms with Gasteiger partial charge < -0.3 is 20.5 Å². The first kappa shape index (κ1) is 14.3. The minimum atomic E-state index is -0.952. The van der Waals surface area contributed by atoms with Crippen LogP contribution in [0.5, 0.6) is 0 Å². The zero-order chi connectivity index (χ0) is 14.0. The first-order valence-electron chi connectivity index (χ1n) is 6.84. The zero-order valence-corrected chi connectivity index (χ0v) is 11.3. The van der Waals surface area contributed by atoms with Crippen molar-refractivity contribution in [1.29, 1.82) is 0 Å². The lowest BCUT2D eigenvalue weighted by Gasteiger charge is -2.42. The van der Waals surface area contributed by atoms with E-state index in [9.17, 15) is 14.7 Å². The van der Waals surface area contributed by atoms with Crippen LogP contribution in [0.15, 0.2) is 0 Å². The molecule has 0 bridgehead atoms. The number of amides is 1. The first-order valence-corrected chi connectivity index (χ1v) is 6.84. The second-order valence-electron chi connectivity index (χ2n) is 5.75. The average Bonchev–Trinajstić information content (AvgIpc) is 2.38. The second kappa shape index (κ2) is 5.46. The monoisotopic (exact) mass is 270 g/mol. The summed E-state index contributed by atoms with van der Waals surface area (Å²) in [4.78, 5) is 25.4. The molecule has 6 nitrogen and oxygen atoms in total. The highest BCUT2D eigenvalue weighted by Gasteiger charge is 2.44. The lowest BCUT2D eigenvalue weighted by Crippen LogP contribution is -2.62. The van der Waals surface area contributed by atoms with Gasteiger partial charge in [-0.1, -0.05) is 6.92 Å². The van der Waals surface area contributed by atoms with Gasteiger partial charge in [-0.2, -0.15) is 0 Å². The van der Waals surface area contributed by atoms with Gasteiger partial charge in [0.25, 0.3) is 0 Å². The van der Waals surface area contributed by atoms with E-state index < -0.39 is 17.6 Å². The van der Waals surface area contributed by atoms with E-state index in [1.807, 2.05) is 6.92 Å². The highest BCUT2D eigenvalue weighted by atomic mass is 16.5. The maximum atomic E-state index is 12.6. The summed E-state index contributed by atoms with van der Waals surface area (Å²) < 4.78 is 5.23. The van der Waals surface area contributed by atoms with Gasteiger partial charge in [0.15, 0.2) is 0 Å². The molecular weight excluding hydrogens is 248 g/mol. The fourth-order valence-electron chi connectivity index (χ4n) is 2.85. The van der Waals surface area contributed by atoms with Crippen LogP contribution in [0, 0.1) is 5.92 Å². The second-order valence-corrected chi connectivity index (χ2v) is 5.75. The molecule has 0 aromatic carbocycles. The van der Waals surface area contributed by atoms with Crippen molar-refractivity contribution in [3.8, 4) is 0 Å². The van der Waals surface area contributed by atoms with Crippen molar-refractivity contribution >= 4 is 11.9 Å². The number of piperidine rings is 1. The number of carbonyl (C=O) groups is 2. The van der Waals surface area contributed by atoms with Crippen LogP contribution in [0.1, 0.15) is 32.6 Å². The average molecular weight is 270 g/mol. The van der Waals surface area contributed by atoms with Crippen molar-refractivity contribution in [3.05, 3.63) is 0 Å². The van der Waals surface area contributed by atoms with E-state index in [0.29, 0.717) is 44.9 Å². The van der Waals surface area contributed by atoms with E-state index in [2.05, 4.69) is 0 Å². The Kier molecular flexibility index (Phi) is 4.10. The molecule has 3 N–H and O–H groups in total. The molecule has 19 heavy (non-hydrogen) atoms. The number of aliphatic carboxylic acids is 1. The van der Waals surface area contributed by atoms with Gasteiger partial charge in [0, 0.05) is 19.8 Å². The quantitative estimate of drug-likeness (QED) is 0.748. The number of hydrogen-bond acceptors (Lipinski definition) is 4. The Labute approximate surface area is 112 Å². The third-order valence-corrected chi connectivity index (χ3v) is 4.22. The van der Waals surface area contributed by atoms with Crippen LogP contribution in [-0.4, -0.2) is 53.2 Å². The highest BCUT2D eigenvalue weighted by Crippen LogP contribution is 2.28. The molecule has 2 aliphatic rings. The van der Waals surface area contributed by atoms with Crippen LogP contribution in [0.2, 0.25) is 0 Å². The van der Waals surface area contributed by atoms with Crippen LogP contribution in [0.25, 0.3) is 0 Å². The molecule has 2 heterocycles. The zero-order valence-electron chi connectivity index (χ0n) is 11.3. The van der Waals surface area contributed by atoms with Crippen molar-refractivity contribution in [2.24, 2.45) is 11.7 Å². The molecule has 2 fully saturated rings. The number of carboxylic acids is 1. The van der Waals surface area contributed by atoms with Crippen molar-refractivity contribution in [2.75, 3.05) is 19.8 Å². The van der Waals surface area contributed by atoms with Gasteiger partial charge in [0.2, 0.25) is 5.91 Å². The lowest BCUT2D eigenvalue weighted by molar-refractivity contribution is -0.157. The van der Waals surface area contributed by atoms with Crippen LogP contribution >= 0.6 is 0 Å². The number of likely N-dealkylation sites (tertiary alicyclic amines) is 1. The normalized spacial score (nSPS) is 30.9. The molecule has 2 saturated heterocycles. The van der Waals surface area contributed by atoms with Gasteiger partial charge in [-0.3, -0.25) is 4.79 Å². The number of nitrogens with two attached hydrogens (primary N) is 1. The molecule has 0 spiro atoms. The molecule has 0 aromatic heterocycles. The van der Waals surface area contributed by atoms with E-state index in [1.165, 1.54) is 4.90 Å². The summed E-state index contributed by atoms with van der Waals surface area (Å²) in [5, 5.41) is 9.30. The Morgan fingerprint density at radius 1 is 1.37 bits per heavy atom. The third-order valence-electron chi connectivity index (χ3n) is 4.22. The van der Waals surface area contributed by atoms with E-state index >= 15 is 0 Å². The van der Waals surface area contributed by atoms with Crippen molar-refractivity contribution in [1.82, 2.24) is 4.90 Å². The molecule has 2 unspecified atom stereocenters. The Hall–Kier alpha value is -1.14. The molecule has 6 heteroatoms. The Balaban J connectivity index is 2.14. The van der Waals surface area contributed by atoms with Crippen molar-refractivity contribution < 1.29 is 19.4 Å². The molecule has 0 saturated carbocycles. The molecule has 0 aromatic rings. The Bertz CT molecular complexity index is 366. The van der Waals surface area contributed by atoms with Crippen LogP contribution in [-0.2, 0) is 14.3 Å². The van der Waals surface area contributed by atoms with Crippen LogP contribution in [0.4, 0.5) is 0 Å². The maximum absolute atomic E-state index is 12.6. The predicted octanol–water partition coefficient (Wildman–Crippen LogP) is 0.206. The predicted molar refractivity (Wildman–Crippen MR) is 68.5 cm³/mol. The van der Waals surface area contributed by atoms with E-state index in [4.69, 9.17) is 10.5 Å². The van der Waals surface area contributed by atoms with E-state index in [-0.39, 0.29) is 5.91 Å². The summed E-state index contributed by atoms with van der Waals surface area (Å²) in [5.41, 5.74) is 5.21. The topological polar surface area (TPSA) is 92.9 Å². The molecular formula is C13H22N2O4. The third kappa shape index (κ3) is 2.90. The smallest absolute Gasteiger partial charge is 0.326 e. The fraction of sp³-hybridized carbons (Fsp3) is 0.846. The highest BCUT2D eigenvalue weighted by molar-refractivity contribution is 5.90. The number of carboxylic acid groups (broad SMARTS) is 1. The van der Waals surface area contributed by atoms with Gasteiger partial charge in [0.1, 0.15) is 6.04 Å². The summed E-state index contributed by atoms with van der Waals surface area (Å²) in [7, 11) is 0. The Morgan fingerprint density at radius 3 is 2.58 bits per heavy atom. The molecule has 0 aliphatic carbocycles. The number of hydrogen-bond donors (Lipinski definition) is 2. The number of nitrogens with zero attached hydrogens (tertiary/aromatic N) is 1. The van der Waals surface area contributed by atoms with Crippen molar-refractivity contribution in [2.45, 2.75) is 44.2 Å². The molecule has 0 radical (unpaired) electrons. The minimum Gasteiger partial charge on any atom is -0.480 e. The van der Waals surface area contributed by atoms with Gasteiger partial charge in [-0.05, 0) is 31.6 Å². The van der Waals surface area contributed by atoms with Gasteiger partial charge in [-0.15, -0.1) is 0 Å². The van der Waals surface area contributed by atoms with E-state index in [1.54, 1.807) is 0 Å². The Morgan fingerprint density at radius 2 is 2.00 bits per heavy atom. The number of carbonyl (C=O) groups excluding carboxylic acids is 1. The minimum absolute atomic E-state index is 0.227. The van der Waals surface area contributed by atoms with E-state index in [0.717, 1.165) is 6.42 Å². The van der Waals surface area contributed by atoms with Crippen LogP contribution in [0.3, 0.4) is 0 Å². The molecule has 2 aliphatic heterocycles. The molecule has 108 valence electrons. The summed E-state index contributed by atoms with van der Waals surface area (Å²) >= 11 is 0.